The van der Waals surface area contributed by atoms with E-state index < -0.39 is 0 Å². The summed E-state index contributed by atoms with van der Waals surface area (Å²) in [6.07, 6.45) is 10.2. The topological polar surface area (TPSA) is 41.6 Å². The molecule has 0 spiro atoms. The van der Waals surface area contributed by atoms with E-state index in [0.717, 1.165) is 48.3 Å². The Hall–Kier alpha value is -1.14. The van der Waals surface area contributed by atoms with Crippen LogP contribution in [0, 0.1) is 17.7 Å². The summed E-state index contributed by atoms with van der Waals surface area (Å²) in [5.74, 6) is 1.31. The number of likely N-dealkylation sites (tertiary alicyclic amines) is 1. The lowest BCUT2D eigenvalue weighted by atomic mass is 9.83. The normalized spacial score (nSPS) is 23.7. The van der Waals surface area contributed by atoms with Crippen molar-refractivity contribution in [3.05, 3.63) is 34.1 Å². The van der Waals surface area contributed by atoms with Crippen LogP contribution in [0.1, 0.15) is 56.9 Å². The van der Waals surface area contributed by atoms with Crippen molar-refractivity contribution in [1.29, 1.82) is 0 Å². The van der Waals surface area contributed by atoms with Gasteiger partial charge < -0.3 is 15.0 Å². The van der Waals surface area contributed by atoms with Gasteiger partial charge in [-0.15, -0.1) is 0 Å². The Morgan fingerprint density at radius 1 is 1.17 bits per heavy atom. The summed E-state index contributed by atoms with van der Waals surface area (Å²) in [7, 11) is 1.42. The number of ether oxygens (including phenoxy) is 1. The fraction of sp³-hybridized carbons (Fsp3) is 0.696. The van der Waals surface area contributed by atoms with Crippen molar-refractivity contribution in [2.45, 2.75) is 63.8 Å². The zero-order valence-corrected chi connectivity index (χ0v) is 19.1. The highest BCUT2D eigenvalue weighted by Crippen LogP contribution is 2.29. The minimum Gasteiger partial charge on any atom is -0.453 e. The van der Waals surface area contributed by atoms with Crippen molar-refractivity contribution >= 4 is 22.0 Å². The SMILES string of the molecule is COC(=O)N[C@H]1CC[C@H](CCCN2CCC(Cc3cc(F)ccc3Br)CC2)CC1. The van der Waals surface area contributed by atoms with Crippen LogP contribution in [0.5, 0.6) is 0 Å². The summed E-state index contributed by atoms with van der Waals surface area (Å²) >= 11 is 3.56. The van der Waals surface area contributed by atoms with Gasteiger partial charge in [0.25, 0.3) is 0 Å². The molecule has 1 aliphatic carbocycles. The van der Waals surface area contributed by atoms with E-state index in [-0.39, 0.29) is 18.0 Å². The van der Waals surface area contributed by atoms with E-state index in [0.29, 0.717) is 5.92 Å². The van der Waals surface area contributed by atoms with Gasteiger partial charge in [0.2, 0.25) is 0 Å². The van der Waals surface area contributed by atoms with Gasteiger partial charge >= 0.3 is 6.09 Å². The first-order valence-corrected chi connectivity index (χ1v) is 11.8. The van der Waals surface area contributed by atoms with Gasteiger partial charge in [-0.25, -0.2) is 9.18 Å². The van der Waals surface area contributed by atoms with Crippen LogP contribution < -0.4 is 5.32 Å². The second-order valence-electron chi connectivity index (χ2n) is 8.72. The van der Waals surface area contributed by atoms with E-state index in [2.05, 4.69) is 30.9 Å². The molecule has 0 bridgehead atoms. The standard InChI is InChI=1S/C23H34BrFN2O2/c1-29-23(28)26-21-7-4-17(5-8-21)3-2-12-27-13-10-18(11-14-27)15-19-16-20(25)6-9-22(19)24/h6,9,16-18,21H,2-5,7-8,10-15H2,1H3,(H,26,28)/t17-,21-. The Bertz CT molecular complexity index is 656. The number of amides is 1. The molecule has 1 saturated carbocycles. The first-order valence-electron chi connectivity index (χ1n) is 11.0. The number of alkyl carbamates (subject to hydrolysis) is 1. The number of hydrogen-bond donors (Lipinski definition) is 1. The third kappa shape index (κ3) is 7.25. The highest BCUT2D eigenvalue weighted by Gasteiger charge is 2.24. The van der Waals surface area contributed by atoms with Crippen molar-refractivity contribution < 1.29 is 13.9 Å². The Morgan fingerprint density at radius 3 is 2.59 bits per heavy atom. The molecule has 1 aromatic carbocycles. The third-order valence-corrected chi connectivity index (χ3v) is 7.44. The molecule has 1 N–H and O–H groups in total. The number of carbonyl (C=O) groups is 1. The molecular formula is C23H34BrFN2O2. The van der Waals surface area contributed by atoms with Crippen molar-refractivity contribution in [3.8, 4) is 0 Å². The van der Waals surface area contributed by atoms with E-state index in [1.165, 1.54) is 58.2 Å². The third-order valence-electron chi connectivity index (χ3n) is 6.66. The minimum absolute atomic E-state index is 0.143. The number of piperidine rings is 1. The smallest absolute Gasteiger partial charge is 0.407 e. The van der Waals surface area contributed by atoms with Crippen LogP contribution >= 0.6 is 15.9 Å². The zero-order valence-electron chi connectivity index (χ0n) is 17.5. The van der Waals surface area contributed by atoms with Crippen LogP contribution in [0.15, 0.2) is 22.7 Å². The van der Waals surface area contributed by atoms with Crippen LogP contribution in [-0.2, 0) is 11.2 Å². The molecule has 6 heteroatoms. The lowest BCUT2D eigenvalue weighted by Gasteiger charge is -2.33. The molecular weight excluding hydrogens is 435 g/mol. The van der Waals surface area contributed by atoms with Crippen molar-refractivity contribution in [2.24, 2.45) is 11.8 Å². The van der Waals surface area contributed by atoms with Gasteiger partial charge in [-0.1, -0.05) is 15.9 Å². The lowest BCUT2D eigenvalue weighted by Crippen LogP contribution is -2.37. The Kier molecular flexibility index (Phi) is 8.79. The predicted molar refractivity (Wildman–Crippen MR) is 117 cm³/mol. The maximum Gasteiger partial charge on any atom is 0.407 e. The summed E-state index contributed by atoms with van der Waals surface area (Å²) in [5.41, 5.74) is 1.10. The molecule has 0 unspecified atom stereocenters. The fourth-order valence-corrected chi connectivity index (χ4v) is 5.26. The number of nitrogens with one attached hydrogen (secondary N) is 1. The Labute approximate surface area is 182 Å². The molecule has 2 fully saturated rings. The van der Waals surface area contributed by atoms with E-state index in [1.807, 2.05) is 6.07 Å². The highest BCUT2D eigenvalue weighted by molar-refractivity contribution is 9.10. The second kappa shape index (κ2) is 11.3. The minimum atomic E-state index is -0.304. The Morgan fingerprint density at radius 2 is 1.90 bits per heavy atom. The molecule has 1 aliphatic heterocycles. The Balaban J connectivity index is 1.29. The summed E-state index contributed by atoms with van der Waals surface area (Å²) in [4.78, 5) is 13.9. The maximum atomic E-state index is 13.5. The molecule has 4 nitrogen and oxygen atoms in total. The number of methoxy groups -OCH3 is 1. The molecule has 1 aromatic rings. The zero-order chi connectivity index (χ0) is 20.6. The van der Waals surface area contributed by atoms with Crippen molar-refractivity contribution in [2.75, 3.05) is 26.7 Å². The van der Waals surface area contributed by atoms with E-state index in [4.69, 9.17) is 0 Å². The summed E-state index contributed by atoms with van der Waals surface area (Å²) in [5, 5.41) is 2.93. The second-order valence-corrected chi connectivity index (χ2v) is 9.58. The molecule has 1 heterocycles. The van der Waals surface area contributed by atoms with Gasteiger partial charge in [0.1, 0.15) is 5.82 Å². The maximum absolute atomic E-state index is 13.5. The number of hydrogen-bond acceptors (Lipinski definition) is 3. The van der Waals surface area contributed by atoms with E-state index in [1.54, 1.807) is 6.07 Å². The average molecular weight is 469 g/mol. The van der Waals surface area contributed by atoms with Crippen LogP contribution in [0.4, 0.5) is 9.18 Å². The quantitative estimate of drug-likeness (QED) is 0.571. The van der Waals surface area contributed by atoms with Gasteiger partial charge in [-0.3, -0.25) is 0 Å². The first-order chi connectivity index (χ1) is 14.0. The summed E-state index contributed by atoms with van der Waals surface area (Å²) in [6.45, 7) is 3.51. The number of nitrogens with zero attached hydrogens (tertiary/aromatic N) is 1. The van der Waals surface area contributed by atoms with Gasteiger partial charge in [-0.2, -0.15) is 0 Å². The monoisotopic (exact) mass is 468 g/mol. The fourth-order valence-electron chi connectivity index (χ4n) is 4.85. The van der Waals surface area contributed by atoms with E-state index >= 15 is 0 Å². The highest BCUT2D eigenvalue weighted by atomic mass is 79.9. The van der Waals surface area contributed by atoms with Crippen LogP contribution in [0.25, 0.3) is 0 Å². The molecule has 1 amide bonds. The molecule has 0 radical (unpaired) electrons. The van der Waals surface area contributed by atoms with Gasteiger partial charge in [0.05, 0.1) is 7.11 Å². The summed E-state index contributed by atoms with van der Waals surface area (Å²) in [6, 6.07) is 5.29. The van der Waals surface area contributed by atoms with Crippen molar-refractivity contribution in [1.82, 2.24) is 10.2 Å². The largest absolute Gasteiger partial charge is 0.453 e. The molecule has 0 aromatic heterocycles. The molecule has 1 saturated heterocycles. The van der Waals surface area contributed by atoms with Gasteiger partial charge in [-0.05, 0) is 113 Å². The molecule has 29 heavy (non-hydrogen) atoms. The number of benzene rings is 1. The summed E-state index contributed by atoms with van der Waals surface area (Å²) < 4.78 is 19.2. The van der Waals surface area contributed by atoms with Gasteiger partial charge in [0.15, 0.2) is 0 Å². The molecule has 2 aliphatic rings. The van der Waals surface area contributed by atoms with Crippen LogP contribution in [-0.4, -0.2) is 43.8 Å². The molecule has 162 valence electrons. The van der Waals surface area contributed by atoms with Crippen LogP contribution in [0.2, 0.25) is 0 Å². The molecule has 0 atom stereocenters. The number of halogens is 2. The number of carbonyl (C=O) groups excluding carboxylic acids is 1. The van der Waals surface area contributed by atoms with E-state index in [9.17, 15) is 9.18 Å². The first kappa shape index (κ1) is 22.5. The lowest BCUT2D eigenvalue weighted by molar-refractivity contribution is 0.157. The average Bonchev–Trinajstić information content (AvgIpc) is 2.73. The van der Waals surface area contributed by atoms with Crippen LogP contribution in [0.3, 0.4) is 0 Å². The predicted octanol–water partition coefficient (Wildman–Crippen LogP) is 5.54. The van der Waals surface area contributed by atoms with Crippen molar-refractivity contribution in [3.63, 3.8) is 0 Å². The van der Waals surface area contributed by atoms with Gasteiger partial charge in [0, 0.05) is 10.5 Å². The number of rotatable bonds is 7. The molecule has 3 rings (SSSR count).